The summed E-state index contributed by atoms with van der Waals surface area (Å²) in [7, 11) is 1.92. The van der Waals surface area contributed by atoms with Crippen LogP contribution in [0.5, 0.6) is 0 Å². The number of likely N-dealkylation sites (N-methyl/N-ethyl adjacent to an activating group) is 1. The number of primary amides is 1. The maximum absolute atomic E-state index is 12.7. The lowest BCUT2D eigenvalue weighted by atomic mass is 10.0. The zero-order valence-electron chi connectivity index (χ0n) is 14.9. The van der Waals surface area contributed by atoms with Crippen LogP contribution >= 0.6 is 0 Å². The van der Waals surface area contributed by atoms with E-state index in [9.17, 15) is 9.59 Å². The summed E-state index contributed by atoms with van der Waals surface area (Å²) in [6.07, 6.45) is 5.14. The fraction of sp³-hybridized carbons (Fsp3) is 0.400. The van der Waals surface area contributed by atoms with Crippen molar-refractivity contribution < 1.29 is 9.59 Å². The van der Waals surface area contributed by atoms with Gasteiger partial charge in [0.25, 0.3) is 0 Å². The Morgan fingerprint density at radius 1 is 1.28 bits per heavy atom. The molecule has 0 radical (unpaired) electrons. The van der Waals surface area contributed by atoms with Gasteiger partial charge in [-0.05, 0) is 36.6 Å². The average molecular weight is 341 g/mol. The molecule has 1 aromatic rings. The minimum absolute atomic E-state index is 0.0849. The molecule has 1 saturated heterocycles. The molecule has 1 heterocycles. The molecule has 0 aromatic heterocycles. The third-order valence-electron chi connectivity index (χ3n) is 4.78. The normalized spacial score (nSPS) is 18.2. The Hall–Kier alpha value is -2.40. The van der Waals surface area contributed by atoms with Crippen molar-refractivity contribution >= 4 is 24.0 Å². The van der Waals surface area contributed by atoms with E-state index < -0.39 is 0 Å². The third-order valence-corrected chi connectivity index (χ3v) is 4.78. The molecule has 1 aliphatic rings. The summed E-state index contributed by atoms with van der Waals surface area (Å²) in [5.74, 6) is -0.278. The van der Waals surface area contributed by atoms with Crippen LogP contribution in [-0.2, 0) is 16.0 Å². The van der Waals surface area contributed by atoms with E-state index in [1.807, 2.05) is 35.1 Å². The van der Waals surface area contributed by atoms with Crippen molar-refractivity contribution in [3.63, 3.8) is 0 Å². The van der Waals surface area contributed by atoms with E-state index in [4.69, 9.17) is 5.73 Å². The van der Waals surface area contributed by atoms with Crippen molar-refractivity contribution in [1.29, 1.82) is 0 Å². The Morgan fingerprint density at radius 2 is 2.00 bits per heavy atom. The molecule has 5 heteroatoms. The Balaban J connectivity index is 2.00. The standard InChI is InChI=1S/C20H27N3O2/c1-4-16-7-6-15(14-17(16)5-2)10-11-23-13-12-22(3)18(20(23)25)8-9-19(21)24/h4-7,14,18H,1-2,8-13H2,3H3,(H2,21,24). The van der Waals surface area contributed by atoms with Crippen LogP contribution in [0.4, 0.5) is 0 Å². The van der Waals surface area contributed by atoms with Crippen LogP contribution in [0.15, 0.2) is 31.4 Å². The van der Waals surface area contributed by atoms with Gasteiger partial charge in [0.1, 0.15) is 0 Å². The van der Waals surface area contributed by atoms with Gasteiger partial charge < -0.3 is 10.6 Å². The van der Waals surface area contributed by atoms with Gasteiger partial charge in [0.05, 0.1) is 6.04 Å². The van der Waals surface area contributed by atoms with Crippen molar-refractivity contribution in [3.8, 4) is 0 Å². The Labute approximate surface area is 149 Å². The summed E-state index contributed by atoms with van der Waals surface area (Å²) in [4.78, 5) is 27.6. The van der Waals surface area contributed by atoms with E-state index in [-0.39, 0.29) is 24.3 Å². The summed E-state index contributed by atoms with van der Waals surface area (Å²) < 4.78 is 0. The SMILES string of the molecule is C=Cc1ccc(CCN2CCN(C)C(CCC(N)=O)C2=O)cc1C=C. The highest BCUT2D eigenvalue weighted by Gasteiger charge is 2.32. The van der Waals surface area contributed by atoms with Gasteiger partial charge in [-0.1, -0.05) is 43.5 Å². The molecule has 1 aliphatic heterocycles. The van der Waals surface area contributed by atoms with E-state index in [0.717, 1.165) is 24.1 Å². The second-order valence-corrected chi connectivity index (χ2v) is 6.45. The second kappa shape index (κ2) is 8.62. The minimum Gasteiger partial charge on any atom is -0.370 e. The van der Waals surface area contributed by atoms with Crippen LogP contribution in [0.3, 0.4) is 0 Å². The number of carbonyl (C=O) groups excluding carboxylic acids is 2. The molecule has 134 valence electrons. The van der Waals surface area contributed by atoms with E-state index >= 15 is 0 Å². The van der Waals surface area contributed by atoms with Crippen LogP contribution in [0.2, 0.25) is 0 Å². The molecule has 0 saturated carbocycles. The number of benzene rings is 1. The van der Waals surface area contributed by atoms with E-state index in [1.165, 1.54) is 5.56 Å². The summed E-state index contributed by atoms with van der Waals surface area (Å²) in [6, 6.07) is 5.93. The monoisotopic (exact) mass is 341 g/mol. The van der Waals surface area contributed by atoms with Crippen molar-refractivity contribution in [1.82, 2.24) is 9.80 Å². The fourth-order valence-electron chi connectivity index (χ4n) is 3.20. The number of hydrogen-bond donors (Lipinski definition) is 1. The lowest BCUT2D eigenvalue weighted by molar-refractivity contribution is -0.141. The number of amides is 2. The molecule has 1 aromatic carbocycles. The maximum Gasteiger partial charge on any atom is 0.239 e. The fourth-order valence-corrected chi connectivity index (χ4v) is 3.20. The lowest BCUT2D eigenvalue weighted by Crippen LogP contribution is -2.56. The zero-order chi connectivity index (χ0) is 18.4. The summed E-state index contributed by atoms with van der Waals surface area (Å²) in [5.41, 5.74) is 8.50. The topological polar surface area (TPSA) is 66.6 Å². The Kier molecular flexibility index (Phi) is 6.53. The minimum atomic E-state index is -0.363. The van der Waals surface area contributed by atoms with Crippen LogP contribution in [0.1, 0.15) is 29.5 Å². The highest BCUT2D eigenvalue weighted by atomic mass is 16.2. The van der Waals surface area contributed by atoms with Gasteiger partial charge in [0.15, 0.2) is 0 Å². The summed E-state index contributed by atoms with van der Waals surface area (Å²) in [5, 5.41) is 0. The molecule has 1 unspecified atom stereocenters. The maximum atomic E-state index is 12.7. The van der Waals surface area contributed by atoms with Crippen molar-refractivity contribution in [2.75, 3.05) is 26.7 Å². The van der Waals surface area contributed by atoms with Crippen LogP contribution in [0.25, 0.3) is 12.2 Å². The molecule has 25 heavy (non-hydrogen) atoms. The van der Waals surface area contributed by atoms with Crippen LogP contribution in [0, 0.1) is 0 Å². The number of hydrogen-bond acceptors (Lipinski definition) is 3. The average Bonchev–Trinajstić information content (AvgIpc) is 2.60. The number of nitrogens with zero attached hydrogens (tertiary/aromatic N) is 2. The quantitative estimate of drug-likeness (QED) is 0.785. The number of piperazine rings is 1. The summed E-state index contributed by atoms with van der Waals surface area (Å²) >= 11 is 0. The Bertz CT molecular complexity index is 669. The number of carbonyl (C=O) groups is 2. The molecule has 5 nitrogen and oxygen atoms in total. The largest absolute Gasteiger partial charge is 0.370 e. The molecule has 1 atom stereocenters. The molecule has 2 rings (SSSR count). The number of rotatable bonds is 8. The predicted molar refractivity (Wildman–Crippen MR) is 102 cm³/mol. The Morgan fingerprint density at radius 3 is 2.64 bits per heavy atom. The highest BCUT2D eigenvalue weighted by Crippen LogP contribution is 2.18. The molecule has 0 aliphatic carbocycles. The van der Waals surface area contributed by atoms with E-state index in [1.54, 1.807) is 0 Å². The lowest BCUT2D eigenvalue weighted by Gasteiger charge is -2.38. The van der Waals surface area contributed by atoms with Gasteiger partial charge in [-0.2, -0.15) is 0 Å². The van der Waals surface area contributed by atoms with Gasteiger partial charge >= 0.3 is 0 Å². The molecule has 1 fully saturated rings. The molecule has 0 bridgehead atoms. The first-order valence-electron chi connectivity index (χ1n) is 8.61. The predicted octanol–water partition coefficient (Wildman–Crippen LogP) is 1.92. The van der Waals surface area contributed by atoms with Gasteiger partial charge in [0.2, 0.25) is 11.8 Å². The molecular formula is C20H27N3O2. The second-order valence-electron chi connectivity index (χ2n) is 6.45. The van der Waals surface area contributed by atoms with Crippen LogP contribution in [-0.4, -0.2) is 54.3 Å². The van der Waals surface area contributed by atoms with Crippen LogP contribution < -0.4 is 5.73 Å². The molecule has 0 spiro atoms. The molecular weight excluding hydrogens is 314 g/mol. The number of nitrogens with two attached hydrogens (primary N) is 1. The zero-order valence-corrected chi connectivity index (χ0v) is 14.9. The van der Waals surface area contributed by atoms with Gasteiger partial charge in [-0.15, -0.1) is 0 Å². The smallest absolute Gasteiger partial charge is 0.239 e. The van der Waals surface area contributed by atoms with Crippen molar-refractivity contribution in [2.24, 2.45) is 5.73 Å². The highest BCUT2D eigenvalue weighted by molar-refractivity contribution is 5.83. The first kappa shape index (κ1) is 18.9. The van der Waals surface area contributed by atoms with E-state index in [2.05, 4.69) is 25.3 Å². The molecule has 2 N–H and O–H groups in total. The van der Waals surface area contributed by atoms with Gasteiger partial charge in [-0.3, -0.25) is 14.5 Å². The summed E-state index contributed by atoms with van der Waals surface area (Å²) in [6.45, 7) is 9.83. The first-order valence-corrected chi connectivity index (χ1v) is 8.61. The van der Waals surface area contributed by atoms with Crippen molar-refractivity contribution in [3.05, 3.63) is 48.0 Å². The van der Waals surface area contributed by atoms with Gasteiger partial charge in [0, 0.05) is 26.1 Å². The van der Waals surface area contributed by atoms with Gasteiger partial charge in [-0.25, -0.2) is 0 Å². The van der Waals surface area contributed by atoms with Crippen molar-refractivity contribution in [2.45, 2.75) is 25.3 Å². The first-order chi connectivity index (χ1) is 12.0. The third kappa shape index (κ3) is 4.79. The molecule has 2 amide bonds. The van der Waals surface area contributed by atoms with E-state index in [0.29, 0.717) is 19.5 Å².